The number of aliphatic carboxylic acids is 1. The molecule has 2 aliphatic heterocycles. The van der Waals surface area contributed by atoms with Crippen molar-refractivity contribution in [3.8, 4) is 0 Å². The molecule has 2 saturated heterocycles. The van der Waals surface area contributed by atoms with Crippen LogP contribution in [-0.2, 0) is 14.3 Å². The Bertz CT molecular complexity index is 1080. The fourth-order valence-electron chi connectivity index (χ4n) is 11.8. The van der Waals surface area contributed by atoms with Gasteiger partial charge in [-0.3, -0.25) is 4.79 Å². The Morgan fingerprint density at radius 2 is 1.77 bits per heavy atom. The van der Waals surface area contributed by atoms with E-state index in [-0.39, 0.29) is 39.1 Å². The highest BCUT2D eigenvalue weighted by atomic mass is 16.6. The van der Waals surface area contributed by atoms with Crippen molar-refractivity contribution in [2.75, 3.05) is 13.2 Å². The second-order valence-corrected chi connectivity index (χ2v) is 17.1. The van der Waals surface area contributed by atoms with Gasteiger partial charge in [-0.25, -0.2) is 0 Å². The third-order valence-electron chi connectivity index (χ3n) is 14.7. The summed E-state index contributed by atoms with van der Waals surface area (Å²) < 4.78 is 13.0. The zero-order valence-corrected chi connectivity index (χ0v) is 26.6. The summed E-state index contributed by atoms with van der Waals surface area (Å²) in [5.74, 6) is -0.259. The maximum atomic E-state index is 13.4. The first-order valence-electron chi connectivity index (χ1n) is 16.4. The third-order valence-corrected chi connectivity index (χ3v) is 14.7. The average molecular weight is 557 g/mol. The molecule has 1 spiro atoms. The normalized spacial score (nSPS) is 51.0. The Labute approximate surface area is 242 Å². The number of rotatable bonds is 5. The van der Waals surface area contributed by atoms with E-state index in [0.717, 1.165) is 57.8 Å². The standard InChI is InChI=1S/C35H56O5/c1-9-22(2)20-39-27-19-29(3,4)18-24-23-10-11-26-32(8,31(23,7)14-16-34(24,27)28(36)37)13-12-25-30(5,6)35(38)17-15-33(25,26)21-40-35/h10,22,24-27,38H,9,11-21H2,1-8H3,(H,36,37)/t22?,24?,25?,26?,27-,31-,32-,33-,34+,35+/m1/s1. The summed E-state index contributed by atoms with van der Waals surface area (Å²) in [5.41, 5.74) is 0.497. The lowest BCUT2D eigenvalue weighted by atomic mass is 9.32. The molecule has 7 aliphatic rings. The van der Waals surface area contributed by atoms with Gasteiger partial charge < -0.3 is 19.7 Å². The summed E-state index contributed by atoms with van der Waals surface area (Å²) in [6, 6.07) is 0. The van der Waals surface area contributed by atoms with Gasteiger partial charge in [0.05, 0.1) is 12.7 Å². The lowest BCUT2D eigenvalue weighted by molar-refractivity contribution is -0.395. The van der Waals surface area contributed by atoms with Gasteiger partial charge in [-0.05, 0) is 91.3 Å². The van der Waals surface area contributed by atoms with Crippen LogP contribution >= 0.6 is 0 Å². The molecule has 2 heterocycles. The number of aliphatic hydroxyl groups is 1. The lowest BCUT2D eigenvalue weighted by Crippen LogP contribution is -2.73. The minimum Gasteiger partial charge on any atom is -0.481 e. The number of carboxylic acids is 1. The summed E-state index contributed by atoms with van der Waals surface area (Å²) in [6.07, 6.45) is 11.7. The van der Waals surface area contributed by atoms with E-state index in [1.54, 1.807) is 0 Å². The van der Waals surface area contributed by atoms with Crippen LogP contribution in [0.25, 0.3) is 0 Å². The monoisotopic (exact) mass is 556 g/mol. The predicted molar refractivity (Wildman–Crippen MR) is 156 cm³/mol. The van der Waals surface area contributed by atoms with Gasteiger partial charge in [0, 0.05) is 23.9 Å². The van der Waals surface area contributed by atoms with Crippen molar-refractivity contribution in [1.29, 1.82) is 0 Å². The summed E-state index contributed by atoms with van der Waals surface area (Å²) in [5, 5.41) is 22.5. The maximum Gasteiger partial charge on any atom is 0.312 e. The molecule has 2 N–H and O–H groups in total. The van der Waals surface area contributed by atoms with Crippen LogP contribution in [0.5, 0.6) is 0 Å². The van der Waals surface area contributed by atoms with Gasteiger partial charge in [0.1, 0.15) is 5.41 Å². The van der Waals surface area contributed by atoms with Crippen LogP contribution in [-0.4, -0.2) is 41.3 Å². The van der Waals surface area contributed by atoms with Gasteiger partial charge in [-0.2, -0.15) is 0 Å². The number of hydrogen-bond acceptors (Lipinski definition) is 4. The van der Waals surface area contributed by atoms with Crippen molar-refractivity contribution < 1.29 is 24.5 Å². The molecule has 5 nitrogen and oxygen atoms in total. The quantitative estimate of drug-likeness (QED) is 0.341. The van der Waals surface area contributed by atoms with Crippen LogP contribution in [0, 0.1) is 56.2 Å². The number of ether oxygens (including phenoxy) is 2. The minimum atomic E-state index is -1.00. The van der Waals surface area contributed by atoms with Crippen LogP contribution < -0.4 is 0 Å². The first kappa shape index (κ1) is 29.2. The van der Waals surface area contributed by atoms with Crippen LogP contribution in [0.4, 0.5) is 0 Å². The molecule has 0 radical (unpaired) electrons. The summed E-state index contributed by atoms with van der Waals surface area (Å²) in [4.78, 5) is 13.4. The van der Waals surface area contributed by atoms with Gasteiger partial charge in [0.2, 0.25) is 0 Å². The molecule has 40 heavy (non-hydrogen) atoms. The van der Waals surface area contributed by atoms with Crippen molar-refractivity contribution in [2.45, 2.75) is 131 Å². The Morgan fingerprint density at radius 3 is 2.40 bits per heavy atom. The number of carboxylic acid groups (broad SMARTS) is 1. The van der Waals surface area contributed by atoms with Gasteiger partial charge >= 0.3 is 5.97 Å². The molecule has 4 unspecified atom stereocenters. The van der Waals surface area contributed by atoms with Gasteiger partial charge in [0.15, 0.2) is 5.79 Å². The zero-order valence-electron chi connectivity index (χ0n) is 26.6. The summed E-state index contributed by atoms with van der Waals surface area (Å²) >= 11 is 0. The SMILES string of the molecule is CCC(C)CO[C@@H]1CC(C)(C)CC2C3=CCC4[C@]56CC[C@](O)(OC5)C(C)(C)C6CC[C@@]4(C)[C@]3(C)CC[C@]21C(=O)O. The molecule has 0 aromatic heterocycles. The summed E-state index contributed by atoms with van der Waals surface area (Å²) in [7, 11) is 0. The van der Waals surface area contributed by atoms with Crippen molar-refractivity contribution in [3.05, 3.63) is 11.6 Å². The van der Waals surface area contributed by atoms with E-state index in [4.69, 9.17) is 9.47 Å². The fraction of sp³-hybridized carbons (Fsp3) is 0.914. The Balaban J connectivity index is 1.42. The molecule has 10 atom stereocenters. The van der Waals surface area contributed by atoms with E-state index < -0.39 is 17.2 Å². The predicted octanol–water partition coefficient (Wildman–Crippen LogP) is 7.61. The first-order chi connectivity index (χ1) is 18.5. The van der Waals surface area contributed by atoms with Crippen molar-refractivity contribution >= 4 is 5.97 Å². The molecular formula is C35H56O5. The smallest absolute Gasteiger partial charge is 0.312 e. The maximum absolute atomic E-state index is 13.4. The van der Waals surface area contributed by atoms with Gasteiger partial charge in [-0.1, -0.05) is 73.5 Å². The number of allylic oxidation sites excluding steroid dienone is 2. The van der Waals surface area contributed by atoms with E-state index in [0.29, 0.717) is 37.4 Å². The summed E-state index contributed by atoms with van der Waals surface area (Å²) in [6.45, 7) is 19.9. The second-order valence-electron chi connectivity index (χ2n) is 17.1. The second kappa shape index (κ2) is 8.82. The van der Waals surface area contributed by atoms with Crippen molar-refractivity contribution in [1.82, 2.24) is 0 Å². The first-order valence-corrected chi connectivity index (χ1v) is 16.4. The number of carbonyl (C=O) groups is 1. The molecular weight excluding hydrogens is 500 g/mol. The van der Waals surface area contributed by atoms with Crippen LogP contribution in [0.15, 0.2) is 11.6 Å². The largest absolute Gasteiger partial charge is 0.481 e. The minimum absolute atomic E-state index is 0.0120. The van der Waals surface area contributed by atoms with E-state index >= 15 is 0 Å². The van der Waals surface area contributed by atoms with E-state index in [1.807, 2.05) is 0 Å². The average Bonchev–Trinajstić information content (AvgIpc) is 2.87. The molecule has 226 valence electrons. The van der Waals surface area contributed by atoms with Crippen LogP contribution in [0.1, 0.15) is 120 Å². The van der Waals surface area contributed by atoms with Gasteiger partial charge in [-0.15, -0.1) is 0 Å². The van der Waals surface area contributed by atoms with Crippen LogP contribution in [0.2, 0.25) is 0 Å². The van der Waals surface area contributed by atoms with Crippen LogP contribution in [0.3, 0.4) is 0 Å². The lowest BCUT2D eigenvalue weighted by Gasteiger charge is -2.74. The molecule has 2 bridgehead atoms. The molecule has 0 amide bonds. The zero-order chi connectivity index (χ0) is 29.1. The molecule has 5 heteroatoms. The topological polar surface area (TPSA) is 76.0 Å². The van der Waals surface area contributed by atoms with Crippen molar-refractivity contribution in [2.24, 2.45) is 56.2 Å². The van der Waals surface area contributed by atoms with Crippen molar-refractivity contribution in [3.63, 3.8) is 0 Å². The fourth-order valence-corrected chi connectivity index (χ4v) is 11.8. The highest BCUT2D eigenvalue weighted by Crippen LogP contribution is 2.78. The number of fused-ring (bicyclic) bond motifs is 7. The highest BCUT2D eigenvalue weighted by Gasteiger charge is 2.75. The Hall–Kier alpha value is -0.910. The molecule has 0 aromatic carbocycles. The van der Waals surface area contributed by atoms with E-state index in [2.05, 4.69) is 61.5 Å². The molecule has 7 rings (SSSR count). The third kappa shape index (κ3) is 3.46. The Morgan fingerprint density at radius 1 is 1.05 bits per heavy atom. The Kier molecular flexibility index (Phi) is 6.43. The number of hydrogen-bond donors (Lipinski definition) is 2. The molecule has 4 saturated carbocycles. The molecule has 6 fully saturated rings. The van der Waals surface area contributed by atoms with E-state index in [1.165, 1.54) is 5.57 Å². The van der Waals surface area contributed by atoms with Gasteiger partial charge in [0.25, 0.3) is 0 Å². The molecule has 0 aromatic rings. The molecule has 5 aliphatic carbocycles. The van der Waals surface area contributed by atoms with E-state index in [9.17, 15) is 15.0 Å². The highest BCUT2D eigenvalue weighted by molar-refractivity contribution is 5.77.